The van der Waals surface area contributed by atoms with Gasteiger partial charge in [-0.15, -0.1) is 0 Å². The number of carbonyl (C=O) groups is 2. The molecule has 2 fully saturated rings. The average molecular weight is 226 g/mol. The molecule has 0 saturated carbocycles. The zero-order valence-electron chi connectivity index (χ0n) is 9.78. The summed E-state index contributed by atoms with van der Waals surface area (Å²) in [5.41, 5.74) is -0.715. The van der Waals surface area contributed by atoms with E-state index < -0.39 is 5.54 Å². The minimum Gasteiger partial charge on any atom is -0.379 e. The van der Waals surface area contributed by atoms with Gasteiger partial charge in [0.15, 0.2) is 0 Å². The Hall–Kier alpha value is -1.10. The Morgan fingerprint density at radius 3 is 2.88 bits per heavy atom. The Labute approximate surface area is 95.1 Å². The number of hydrogen-bond donors (Lipinski definition) is 1. The predicted molar refractivity (Wildman–Crippen MR) is 57.8 cm³/mol. The summed E-state index contributed by atoms with van der Waals surface area (Å²) in [6.45, 7) is 5.11. The van der Waals surface area contributed by atoms with Crippen LogP contribution in [0.15, 0.2) is 0 Å². The summed E-state index contributed by atoms with van der Waals surface area (Å²) in [5, 5.41) is 2.66. The van der Waals surface area contributed by atoms with Gasteiger partial charge in [0.25, 0.3) is 0 Å². The van der Waals surface area contributed by atoms with Gasteiger partial charge in [-0.2, -0.15) is 0 Å². The van der Waals surface area contributed by atoms with E-state index in [-0.39, 0.29) is 24.4 Å². The monoisotopic (exact) mass is 226 g/mol. The Morgan fingerprint density at radius 2 is 2.31 bits per heavy atom. The third-order valence-electron chi connectivity index (χ3n) is 3.65. The molecule has 0 bridgehead atoms. The molecule has 16 heavy (non-hydrogen) atoms. The Bertz CT molecular complexity index is 312. The third-order valence-corrected chi connectivity index (χ3v) is 3.65. The first-order chi connectivity index (χ1) is 7.59. The molecule has 1 N–H and O–H groups in total. The second-order valence-electron chi connectivity index (χ2n) is 4.59. The summed E-state index contributed by atoms with van der Waals surface area (Å²) in [5.74, 6) is -0.0547. The first kappa shape index (κ1) is 11.4. The van der Waals surface area contributed by atoms with Gasteiger partial charge in [0.05, 0.1) is 19.2 Å². The first-order valence-electron chi connectivity index (χ1n) is 5.78. The molecule has 2 saturated heterocycles. The summed E-state index contributed by atoms with van der Waals surface area (Å²) >= 11 is 0. The summed E-state index contributed by atoms with van der Waals surface area (Å²) in [6, 6.07) is 0.0588. The summed E-state index contributed by atoms with van der Waals surface area (Å²) < 4.78 is 5.31. The van der Waals surface area contributed by atoms with E-state index in [1.807, 2.05) is 13.8 Å². The molecule has 90 valence electrons. The third kappa shape index (κ3) is 1.59. The van der Waals surface area contributed by atoms with E-state index in [2.05, 4.69) is 5.32 Å². The second kappa shape index (κ2) is 4.05. The Kier molecular flexibility index (Phi) is 2.88. The normalized spacial score (nSPS) is 35.4. The number of piperazine rings is 1. The molecule has 0 aliphatic carbocycles. The highest BCUT2D eigenvalue weighted by Crippen LogP contribution is 2.28. The van der Waals surface area contributed by atoms with Gasteiger partial charge in [-0.1, -0.05) is 6.92 Å². The highest BCUT2D eigenvalue weighted by molar-refractivity contribution is 5.97. The van der Waals surface area contributed by atoms with E-state index in [4.69, 9.17) is 4.74 Å². The molecule has 2 heterocycles. The molecule has 5 heteroatoms. The fraction of sp³-hybridized carbons (Fsp3) is 0.818. The van der Waals surface area contributed by atoms with Crippen LogP contribution in [0.3, 0.4) is 0 Å². The predicted octanol–water partition coefficient (Wildman–Crippen LogP) is -0.0976. The lowest BCUT2D eigenvalue weighted by atomic mass is 9.90. The van der Waals surface area contributed by atoms with E-state index in [1.54, 1.807) is 4.90 Å². The van der Waals surface area contributed by atoms with Crippen LogP contribution >= 0.6 is 0 Å². The number of amides is 2. The molecule has 0 aromatic heterocycles. The standard InChI is InChI=1S/C11H18N2O3/c1-3-11(2)10(15)12-6-9(14)13(11)8-4-5-16-7-8/h8H,3-7H2,1-2H3,(H,12,15). The van der Waals surface area contributed by atoms with Crippen LogP contribution < -0.4 is 5.32 Å². The molecule has 2 aliphatic rings. The van der Waals surface area contributed by atoms with Crippen molar-refractivity contribution in [3.8, 4) is 0 Å². The molecule has 0 radical (unpaired) electrons. The van der Waals surface area contributed by atoms with Crippen molar-refractivity contribution < 1.29 is 14.3 Å². The van der Waals surface area contributed by atoms with Crippen molar-refractivity contribution in [1.29, 1.82) is 0 Å². The Balaban J connectivity index is 2.28. The van der Waals surface area contributed by atoms with Crippen LogP contribution in [0, 0.1) is 0 Å². The van der Waals surface area contributed by atoms with Crippen molar-refractivity contribution >= 4 is 11.8 Å². The van der Waals surface area contributed by atoms with Crippen molar-refractivity contribution in [2.75, 3.05) is 19.8 Å². The average Bonchev–Trinajstić information content (AvgIpc) is 2.77. The van der Waals surface area contributed by atoms with Gasteiger partial charge in [0.2, 0.25) is 11.8 Å². The molecule has 5 nitrogen and oxygen atoms in total. The fourth-order valence-electron chi connectivity index (χ4n) is 2.48. The number of nitrogens with zero attached hydrogens (tertiary/aromatic N) is 1. The number of ether oxygens (including phenoxy) is 1. The number of nitrogens with one attached hydrogen (secondary N) is 1. The van der Waals surface area contributed by atoms with Crippen LogP contribution in [0.5, 0.6) is 0 Å². The SMILES string of the molecule is CCC1(C)C(=O)NCC(=O)N1C1CCOC1. The zero-order valence-corrected chi connectivity index (χ0v) is 9.78. The molecule has 2 rings (SSSR count). The van der Waals surface area contributed by atoms with Gasteiger partial charge in [0.1, 0.15) is 5.54 Å². The summed E-state index contributed by atoms with van der Waals surface area (Å²) in [4.78, 5) is 25.6. The van der Waals surface area contributed by atoms with Crippen LogP contribution in [0.2, 0.25) is 0 Å². The quantitative estimate of drug-likeness (QED) is 0.715. The molecule has 0 aromatic rings. The van der Waals surface area contributed by atoms with Gasteiger partial charge >= 0.3 is 0 Å². The molecule has 2 amide bonds. The van der Waals surface area contributed by atoms with E-state index in [0.29, 0.717) is 19.6 Å². The maximum absolute atomic E-state index is 12.0. The van der Waals surface area contributed by atoms with Crippen LogP contribution in [-0.2, 0) is 14.3 Å². The lowest BCUT2D eigenvalue weighted by molar-refractivity contribution is -0.156. The molecule has 2 atom stereocenters. The zero-order chi connectivity index (χ0) is 11.8. The minimum absolute atomic E-state index is 0.000509. The minimum atomic E-state index is -0.715. The summed E-state index contributed by atoms with van der Waals surface area (Å²) in [7, 11) is 0. The molecule has 0 aromatic carbocycles. The molecular weight excluding hydrogens is 208 g/mol. The van der Waals surface area contributed by atoms with Crippen molar-refractivity contribution in [1.82, 2.24) is 10.2 Å². The van der Waals surface area contributed by atoms with Gasteiger partial charge in [-0.3, -0.25) is 9.59 Å². The van der Waals surface area contributed by atoms with Crippen molar-refractivity contribution in [2.24, 2.45) is 0 Å². The van der Waals surface area contributed by atoms with Crippen LogP contribution in [0.4, 0.5) is 0 Å². The molecule has 2 unspecified atom stereocenters. The largest absolute Gasteiger partial charge is 0.379 e. The van der Waals surface area contributed by atoms with Crippen LogP contribution in [-0.4, -0.2) is 48.1 Å². The molecular formula is C11H18N2O3. The Morgan fingerprint density at radius 1 is 1.56 bits per heavy atom. The number of hydrogen-bond acceptors (Lipinski definition) is 3. The number of carbonyl (C=O) groups excluding carboxylic acids is 2. The summed E-state index contributed by atoms with van der Waals surface area (Å²) in [6.07, 6.45) is 1.45. The topological polar surface area (TPSA) is 58.6 Å². The first-order valence-corrected chi connectivity index (χ1v) is 5.78. The van der Waals surface area contributed by atoms with Gasteiger partial charge < -0.3 is 15.0 Å². The molecule has 2 aliphatic heterocycles. The van der Waals surface area contributed by atoms with Crippen molar-refractivity contribution in [3.05, 3.63) is 0 Å². The lowest BCUT2D eigenvalue weighted by Crippen LogP contribution is -2.68. The molecule has 0 spiro atoms. The maximum Gasteiger partial charge on any atom is 0.246 e. The van der Waals surface area contributed by atoms with E-state index in [9.17, 15) is 9.59 Å². The van der Waals surface area contributed by atoms with E-state index >= 15 is 0 Å². The van der Waals surface area contributed by atoms with Gasteiger partial charge in [0, 0.05) is 6.61 Å². The lowest BCUT2D eigenvalue weighted by Gasteiger charge is -2.45. The van der Waals surface area contributed by atoms with Crippen LogP contribution in [0.25, 0.3) is 0 Å². The van der Waals surface area contributed by atoms with Gasteiger partial charge in [-0.05, 0) is 19.8 Å². The maximum atomic E-state index is 12.0. The van der Waals surface area contributed by atoms with Gasteiger partial charge in [-0.25, -0.2) is 0 Å². The van der Waals surface area contributed by atoms with E-state index in [0.717, 1.165) is 6.42 Å². The second-order valence-corrected chi connectivity index (χ2v) is 4.59. The highest BCUT2D eigenvalue weighted by Gasteiger charge is 2.47. The van der Waals surface area contributed by atoms with Crippen molar-refractivity contribution in [3.63, 3.8) is 0 Å². The van der Waals surface area contributed by atoms with E-state index in [1.165, 1.54) is 0 Å². The highest BCUT2D eigenvalue weighted by atomic mass is 16.5. The smallest absolute Gasteiger partial charge is 0.246 e. The fourth-order valence-corrected chi connectivity index (χ4v) is 2.48. The van der Waals surface area contributed by atoms with Crippen LogP contribution in [0.1, 0.15) is 26.7 Å². The number of rotatable bonds is 2. The van der Waals surface area contributed by atoms with Crippen molar-refractivity contribution in [2.45, 2.75) is 38.3 Å².